The minimum absolute atomic E-state index is 0.452. The van der Waals surface area contributed by atoms with Gasteiger partial charge in [0.2, 0.25) is 0 Å². The van der Waals surface area contributed by atoms with Crippen LogP contribution in [0.4, 0.5) is 0 Å². The molecule has 0 aliphatic rings. The second-order valence-electron chi connectivity index (χ2n) is 5.42. The van der Waals surface area contributed by atoms with E-state index in [0.717, 1.165) is 12.1 Å². The Labute approximate surface area is 130 Å². The maximum absolute atomic E-state index is 4.80. The highest BCUT2D eigenvalue weighted by molar-refractivity contribution is 7.15. The second-order valence-corrected chi connectivity index (χ2v) is 6.45. The number of hydrogen-bond acceptors (Lipinski definition) is 2. The van der Waals surface area contributed by atoms with Gasteiger partial charge in [-0.25, -0.2) is 4.98 Å². The van der Waals surface area contributed by atoms with Crippen molar-refractivity contribution < 1.29 is 0 Å². The maximum Gasteiger partial charge on any atom is 0.0966 e. The highest BCUT2D eigenvalue weighted by Gasteiger charge is 2.15. The summed E-state index contributed by atoms with van der Waals surface area (Å²) in [5.41, 5.74) is 3.78. The molecule has 0 saturated carbocycles. The summed E-state index contributed by atoms with van der Waals surface area (Å²) in [7, 11) is 0. The normalized spacial score (nSPS) is 12.3. The van der Waals surface area contributed by atoms with Crippen LogP contribution in [0.15, 0.2) is 60.7 Å². The number of nitrogens with zero attached hydrogens (tertiary/aromatic N) is 1. The van der Waals surface area contributed by atoms with Gasteiger partial charge in [0, 0.05) is 5.92 Å². The molecule has 1 nitrogen and oxygen atoms in total. The van der Waals surface area contributed by atoms with Crippen LogP contribution in [0.1, 0.15) is 29.1 Å². The van der Waals surface area contributed by atoms with Crippen molar-refractivity contribution in [1.29, 1.82) is 0 Å². The Hall–Kier alpha value is -1.93. The van der Waals surface area contributed by atoms with Crippen molar-refractivity contribution in [3.05, 3.63) is 76.9 Å². The van der Waals surface area contributed by atoms with Gasteiger partial charge in [-0.1, -0.05) is 67.6 Å². The van der Waals surface area contributed by atoms with E-state index in [9.17, 15) is 0 Å². The van der Waals surface area contributed by atoms with Gasteiger partial charge in [-0.2, -0.15) is 0 Å². The van der Waals surface area contributed by atoms with Crippen molar-refractivity contribution in [1.82, 2.24) is 4.98 Å². The molecule has 1 atom stereocenters. The molecular formula is C19H19NS. The Kier molecular flexibility index (Phi) is 4.16. The van der Waals surface area contributed by atoms with E-state index in [-0.39, 0.29) is 0 Å². The summed E-state index contributed by atoms with van der Waals surface area (Å²) in [6.45, 7) is 4.37. The van der Waals surface area contributed by atoms with E-state index in [0.29, 0.717) is 5.92 Å². The predicted octanol–water partition coefficient (Wildman–Crippen LogP) is 5.46. The number of aromatic nitrogens is 1. The molecular weight excluding hydrogens is 274 g/mol. The van der Waals surface area contributed by atoms with Crippen molar-refractivity contribution in [2.75, 3.05) is 0 Å². The first kappa shape index (κ1) is 14.0. The monoisotopic (exact) mass is 293 g/mol. The third-order valence-corrected chi connectivity index (χ3v) is 5.09. The molecule has 106 valence electrons. The minimum Gasteiger partial charge on any atom is -0.246 e. The molecule has 2 aromatic carbocycles. The van der Waals surface area contributed by atoms with Gasteiger partial charge < -0.3 is 0 Å². The lowest BCUT2D eigenvalue weighted by Gasteiger charge is -2.07. The van der Waals surface area contributed by atoms with Crippen LogP contribution >= 0.6 is 11.3 Å². The standard InChI is InChI=1S/C19H19NS/c1-14(13-16-9-5-3-6-10-16)19-20-15(2)18(21-19)17-11-7-4-8-12-17/h3-12,14H,13H2,1-2H3. The van der Waals surface area contributed by atoms with Crippen LogP contribution in [0, 0.1) is 6.92 Å². The fourth-order valence-electron chi connectivity index (χ4n) is 2.54. The SMILES string of the molecule is Cc1nc(C(C)Cc2ccccc2)sc1-c1ccccc1. The fourth-order valence-corrected chi connectivity index (χ4v) is 3.66. The molecule has 3 rings (SSSR count). The summed E-state index contributed by atoms with van der Waals surface area (Å²) in [6, 6.07) is 21.2. The zero-order valence-corrected chi connectivity index (χ0v) is 13.2. The molecule has 0 amide bonds. The third kappa shape index (κ3) is 3.22. The van der Waals surface area contributed by atoms with E-state index in [4.69, 9.17) is 4.98 Å². The molecule has 1 heterocycles. The second kappa shape index (κ2) is 6.23. The predicted molar refractivity (Wildman–Crippen MR) is 90.8 cm³/mol. The van der Waals surface area contributed by atoms with Crippen LogP contribution in [0.2, 0.25) is 0 Å². The van der Waals surface area contributed by atoms with Gasteiger partial charge in [0.15, 0.2) is 0 Å². The number of aryl methyl sites for hydroxylation is 1. The van der Waals surface area contributed by atoms with Gasteiger partial charge in [-0.15, -0.1) is 11.3 Å². The third-order valence-electron chi connectivity index (χ3n) is 3.66. The van der Waals surface area contributed by atoms with E-state index >= 15 is 0 Å². The molecule has 1 aromatic heterocycles. The van der Waals surface area contributed by atoms with Gasteiger partial charge in [0.25, 0.3) is 0 Å². The molecule has 0 N–H and O–H groups in total. The summed E-state index contributed by atoms with van der Waals surface area (Å²) in [4.78, 5) is 6.10. The molecule has 2 heteroatoms. The van der Waals surface area contributed by atoms with Crippen LogP contribution in [-0.4, -0.2) is 4.98 Å². The quantitative estimate of drug-likeness (QED) is 0.622. The van der Waals surface area contributed by atoms with E-state index in [1.807, 2.05) is 11.3 Å². The Morgan fingerprint density at radius 1 is 0.952 bits per heavy atom. The summed E-state index contributed by atoms with van der Waals surface area (Å²) in [6.07, 6.45) is 1.04. The van der Waals surface area contributed by atoms with E-state index in [2.05, 4.69) is 74.5 Å². The van der Waals surface area contributed by atoms with Gasteiger partial charge in [-0.05, 0) is 24.5 Å². The fraction of sp³-hybridized carbons (Fsp3) is 0.211. The van der Waals surface area contributed by atoms with Crippen LogP contribution < -0.4 is 0 Å². The van der Waals surface area contributed by atoms with Gasteiger partial charge in [0.1, 0.15) is 0 Å². The smallest absolute Gasteiger partial charge is 0.0966 e. The first-order chi connectivity index (χ1) is 10.2. The zero-order chi connectivity index (χ0) is 14.7. The largest absolute Gasteiger partial charge is 0.246 e. The van der Waals surface area contributed by atoms with Crippen LogP contribution in [0.3, 0.4) is 0 Å². The van der Waals surface area contributed by atoms with Crippen LogP contribution in [0.5, 0.6) is 0 Å². The first-order valence-electron chi connectivity index (χ1n) is 7.30. The van der Waals surface area contributed by atoms with E-state index in [1.165, 1.54) is 21.0 Å². The molecule has 3 aromatic rings. The van der Waals surface area contributed by atoms with Crippen molar-refractivity contribution in [2.45, 2.75) is 26.2 Å². The van der Waals surface area contributed by atoms with Crippen LogP contribution in [-0.2, 0) is 6.42 Å². The first-order valence-corrected chi connectivity index (χ1v) is 8.12. The number of benzene rings is 2. The lowest BCUT2D eigenvalue weighted by atomic mass is 10.0. The molecule has 0 aliphatic heterocycles. The Morgan fingerprint density at radius 3 is 2.24 bits per heavy atom. The molecule has 21 heavy (non-hydrogen) atoms. The molecule has 0 fully saturated rings. The molecule has 0 spiro atoms. The minimum atomic E-state index is 0.452. The molecule has 0 radical (unpaired) electrons. The topological polar surface area (TPSA) is 12.9 Å². The van der Waals surface area contributed by atoms with E-state index in [1.54, 1.807) is 0 Å². The number of thiazole rings is 1. The molecule has 0 saturated heterocycles. The van der Waals surface area contributed by atoms with E-state index < -0.39 is 0 Å². The molecule has 0 bridgehead atoms. The summed E-state index contributed by atoms with van der Waals surface area (Å²) >= 11 is 1.83. The highest BCUT2D eigenvalue weighted by atomic mass is 32.1. The average molecular weight is 293 g/mol. The summed E-state index contributed by atoms with van der Waals surface area (Å²) in [5.74, 6) is 0.452. The van der Waals surface area contributed by atoms with Crippen molar-refractivity contribution in [2.24, 2.45) is 0 Å². The van der Waals surface area contributed by atoms with Crippen molar-refractivity contribution in [3.63, 3.8) is 0 Å². The maximum atomic E-state index is 4.80. The Morgan fingerprint density at radius 2 is 1.57 bits per heavy atom. The average Bonchev–Trinajstić information content (AvgIpc) is 2.91. The highest BCUT2D eigenvalue weighted by Crippen LogP contribution is 2.34. The Bertz CT molecular complexity index is 701. The molecule has 1 unspecified atom stereocenters. The van der Waals surface area contributed by atoms with Crippen molar-refractivity contribution >= 4 is 11.3 Å². The van der Waals surface area contributed by atoms with Crippen molar-refractivity contribution in [3.8, 4) is 10.4 Å². The molecule has 0 aliphatic carbocycles. The van der Waals surface area contributed by atoms with Gasteiger partial charge >= 0.3 is 0 Å². The van der Waals surface area contributed by atoms with Gasteiger partial charge in [-0.3, -0.25) is 0 Å². The zero-order valence-electron chi connectivity index (χ0n) is 12.4. The van der Waals surface area contributed by atoms with Crippen LogP contribution in [0.25, 0.3) is 10.4 Å². The van der Waals surface area contributed by atoms with Gasteiger partial charge in [0.05, 0.1) is 15.6 Å². The number of hydrogen-bond donors (Lipinski definition) is 0. The lowest BCUT2D eigenvalue weighted by Crippen LogP contribution is -1.97. The number of rotatable bonds is 4. The lowest BCUT2D eigenvalue weighted by molar-refractivity contribution is 0.748. The summed E-state index contributed by atoms with van der Waals surface area (Å²) < 4.78 is 0. The Balaban J connectivity index is 1.84. The summed E-state index contributed by atoms with van der Waals surface area (Å²) in [5, 5.41) is 1.23.